The smallest absolute Gasteiger partial charge is 0.305 e. The van der Waals surface area contributed by atoms with Crippen molar-refractivity contribution in [2.45, 2.75) is 19.6 Å². The van der Waals surface area contributed by atoms with Gasteiger partial charge in [0.05, 0.1) is 17.2 Å². The van der Waals surface area contributed by atoms with Crippen LogP contribution in [0.2, 0.25) is 0 Å². The van der Waals surface area contributed by atoms with Crippen molar-refractivity contribution < 1.29 is 28.2 Å². The fourth-order valence-corrected chi connectivity index (χ4v) is 2.41. The molecule has 0 spiro atoms. The normalized spacial score (nSPS) is 11.2. The Morgan fingerprint density at radius 1 is 1.21 bits per heavy atom. The zero-order chi connectivity index (χ0) is 20.5. The van der Waals surface area contributed by atoms with Crippen LogP contribution in [0.15, 0.2) is 42.5 Å². The van der Waals surface area contributed by atoms with Crippen LogP contribution in [-0.2, 0) is 25.6 Å². The lowest BCUT2D eigenvalue weighted by Gasteiger charge is -2.19. The van der Waals surface area contributed by atoms with Gasteiger partial charge >= 0.3 is 5.97 Å². The summed E-state index contributed by atoms with van der Waals surface area (Å²) in [7, 11) is 1.27. The Labute approximate surface area is 161 Å². The number of nitrogens with one attached hydrogen (secondary N) is 1. The molecule has 0 aliphatic rings. The van der Waals surface area contributed by atoms with Crippen molar-refractivity contribution in [3.8, 4) is 11.8 Å². The average Bonchev–Trinajstić information content (AvgIpc) is 2.69. The highest BCUT2D eigenvalue weighted by Crippen LogP contribution is 2.30. The van der Waals surface area contributed by atoms with Crippen molar-refractivity contribution in [1.29, 1.82) is 5.26 Å². The number of halogens is 1. The third-order valence-electron chi connectivity index (χ3n) is 3.78. The largest absolute Gasteiger partial charge is 0.457 e. The summed E-state index contributed by atoms with van der Waals surface area (Å²) in [4.78, 5) is 23.4. The van der Waals surface area contributed by atoms with Gasteiger partial charge in [0.1, 0.15) is 11.6 Å². The lowest BCUT2D eigenvalue weighted by Crippen LogP contribution is -2.31. The molecule has 28 heavy (non-hydrogen) atoms. The molecule has 0 saturated carbocycles. The molecule has 0 radical (unpaired) electrons. The lowest BCUT2D eigenvalue weighted by molar-refractivity contribution is -0.147. The van der Waals surface area contributed by atoms with Gasteiger partial charge in [-0.15, -0.1) is 0 Å². The third kappa shape index (κ3) is 5.53. The molecule has 0 aliphatic carbocycles. The predicted octanol–water partition coefficient (Wildman–Crippen LogP) is 2.60. The maximum absolute atomic E-state index is 14.4. The van der Waals surface area contributed by atoms with Crippen molar-refractivity contribution in [2.75, 3.05) is 13.9 Å². The Kier molecular flexibility index (Phi) is 7.48. The van der Waals surface area contributed by atoms with Crippen LogP contribution >= 0.6 is 0 Å². The molecule has 1 N–H and O–H groups in total. The number of methoxy groups -OCH3 is 1. The summed E-state index contributed by atoms with van der Waals surface area (Å²) in [6.07, 6.45) is -1.27. The van der Waals surface area contributed by atoms with Crippen LogP contribution in [0.1, 0.15) is 29.7 Å². The molecule has 2 aromatic rings. The molecular formula is C20H19FN2O5. The van der Waals surface area contributed by atoms with Crippen molar-refractivity contribution in [3.05, 3.63) is 65.0 Å². The van der Waals surface area contributed by atoms with Gasteiger partial charge in [0.25, 0.3) is 5.91 Å². The van der Waals surface area contributed by atoms with Crippen molar-refractivity contribution in [2.24, 2.45) is 0 Å². The number of esters is 1. The molecule has 0 fully saturated rings. The van der Waals surface area contributed by atoms with Gasteiger partial charge < -0.3 is 19.5 Å². The van der Waals surface area contributed by atoms with Crippen molar-refractivity contribution in [3.63, 3.8) is 0 Å². The van der Waals surface area contributed by atoms with E-state index < -0.39 is 30.6 Å². The van der Waals surface area contributed by atoms with Gasteiger partial charge in [-0.25, -0.2) is 4.39 Å². The van der Waals surface area contributed by atoms with Crippen LogP contribution in [0.5, 0.6) is 5.75 Å². The van der Waals surface area contributed by atoms with E-state index in [1.807, 2.05) is 6.07 Å². The van der Waals surface area contributed by atoms with Gasteiger partial charge in [-0.2, -0.15) is 5.26 Å². The van der Waals surface area contributed by atoms with E-state index in [2.05, 4.69) is 5.32 Å². The maximum atomic E-state index is 14.4. The summed E-state index contributed by atoms with van der Waals surface area (Å²) < 4.78 is 29.6. The monoisotopic (exact) mass is 386 g/mol. The van der Waals surface area contributed by atoms with Gasteiger partial charge in [0, 0.05) is 20.6 Å². The molecule has 8 heteroatoms. The highest BCUT2D eigenvalue weighted by molar-refractivity contribution is 5.83. The Balaban J connectivity index is 2.13. The fourth-order valence-electron chi connectivity index (χ4n) is 2.41. The number of rotatable bonds is 8. The summed E-state index contributed by atoms with van der Waals surface area (Å²) in [6, 6.07) is 12.7. The molecule has 1 unspecified atom stereocenters. The van der Waals surface area contributed by atoms with Crippen LogP contribution in [0, 0.1) is 17.1 Å². The second kappa shape index (κ2) is 10.0. The number of nitrogens with zero attached hydrogens (tertiary/aromatic N) is 1. The summed E-state index contributed by atoms with van der Waals surface area (Å²) in [6.45, 7) is 0.960. The third-order valence-corrected chi connectivity index (χ3v) is 3.78. The Hall–Kier alpha value is -3.44. The number of hydrogen-bond donors (Lipinski definition) is 1. The van der Waals surface area contributed by atoms with Crippen LogP contribution in [0.4, 0.5) is 4.39 Å². The molecule has 1 amide bonds. The number of hydrogen-bond acceptors (Lipinski definition) is 6. The molecule has 0 aromatic heterocycles. The van der Waals surface area contributed by atoms with E-state index in [0.29, 0.717) is 5.56 Å². The first kappa shape index (κ1) is 20.9. The van der Waals surface area contributed by atoms with E-state index in [0.717, 1.165) is 5.56 Å². The van der Waals surface area contributed by atoms with Crippen molar-refractivity contribution in [1.82, 2.24) is 5.32 Å². The highest BCUT2D eigenvalue weighted by Gasteiger charge is 2.27. The number of carbonyl (C=O) groups excluding carboxylic acids is 2. The Morgan fingerprint density at radius 3 is 2.54 bits per heavy atom. The Morgan fingerprint density at radius 2 is 1.93 bits per heavy atom. The minimum absolute atomic E-state index is 0.0293. The zero-order valence-corrected chi connectivity index (χ0v) is 15.4. The topological polar surface area (TPSA) is 97.7 Å². The first-order valence-electron chi connectivity index (χ1n) is 8.30. The number of carbonyl (C=O) groups is 2. The summed E-state index contributed by atoms with van der Waals surface area (Å²) in [5, 5.41) is 11.5. The highest BCUT2D eigenvalue weighted by atomic mass is 19.1. The minimum Gasteiger partial charge on any atom is -0.457 e. The summed E-state index contributed by atoms with van der Waals surface area (Å²) in [5.41, 5.74) is 1.17. The zero-order valence-electron chi connectivity index (χ0n) is 15.4. The Bertz CT molecular complexity index is 877. The van der Waals surface area contributed by atoms with Gasteiger partial charge in [-0.05, 0) is 29.8 Å². The molecule has 1 atom stereocenters. The molecular weight excluding hydrogens is 367 g/mol. The molecule has 2 aromatic carbocycles. The van der Waals surface area contributed by atoms with Crippen LogP contribution in [0.25, 0.3) is 0 Å². The standard InChI is InChI=1S/C20H19FN2O5/c1-13(24)27-12-28-17-5-3-4-16(21)18(17)19(26-2)20(25)23-11-15-8-6-14(10-22)7-9-15/h3-9,19H,11-12H2,1-2H3,(H,23,25). The van der Waals surface area contributed by atoms with Gasteiger partial charge in [-0.1, -0.05) is 18.2 Å². The average molecular weight is 386 g/mol. The fraction of sp³-hybridized carbons (Fsp3) is 0.250. The number of benzene rings is 2. The lowest BCUT2D eigenvalue weighted by atomic mass is 10.1. The number of nitriles is 1. The predicted molar refractivity (Wildman–Crippen MR) is 96.4 cm³/mol. The van der Waals surface area contributed by atoms with E-state index in [4.69, 9.17) is 19.5 Å². The summed E-state index contributed by atoms with van der Waals surface area (Å²) in [5.74, 6) is -1.79. The molecule has 146 valence electrons. The van der Waals surface area contributed by atoms with Gasteiger partial charge in [0.2, 0.25) is 6.79 Å². The van der Waals surface area contributed by atoms with E-state index in [1.54, 1.807) is 24.3 Å². The molecule has 0 saturated heterocycles. The minimum atomic E-state index is -1.27. The second-order valence-corrected chi connectivity index (χ2v) is 5.69. The van der Waals surface area contributed by atoms with Gasteiger partial charge in [-0.3, -0.25) is 9.59 Å². The quantitative estimate of drug-likeness (QED) is 0.553. The van der Waals surface area contributed by atoms with Gasteiger partial charge in [0.15, 0.2) is 6.10 Å². The van der Waals surface area contributed by atoms with E-state index in [1.165, 1.54) is 32.2 Å². The van der Waals surface area contributed by atoms with Crippen molar-refractivity contribution >= 4 is 11.9 Å². The number of amides is 1. The first-order valence-corrected chi connectivity index (χ1v) is 8.30. The number of ether oxygens (including phenoxy) is 3. The van der Waals surface area contributed by atoms with Crippen LogP contribution in [0.3, 0.4) is 0 Å². The van der Waals surface area contributed by atoms with E-state index >= 15 is 0 Å². The molecule has 0 aliphatic heterocycles. The SMILES string of the molecule is COC(C(=O)NCc1ccc(C#N)cc1)c1c(F)cccc1OCOC(C)=O. The van der Waals surface area contributed by atoms with E-state index in [9.17, 15) is 14.0 Å². The maximum Gasteiger partial charge on any atom is 0.305 e. The molecule has 2 rings (SSSR count). The van der Waals surface area contributed by atoms with E-state index in [-0.39, 0.29) is 17.9 Å². The molecule has 0 bridgehead atoms. The summed E-state index contributed by atoms with van der Waals surface area (Å²) >= 11 is 0. The van der Waals surface area contributed by atoms with Crippen LogP contribution in [-0.4, -0.2) is 25.8 Å². The van der Waals surface area contributed by atoms with Crippen LogP contribution < -0.4 is 10.1 Å². The molecule has 0 heterocycles. The second-order valence-electron chi connectivity index (χ2n) is 5.69. The first-order chi connectivity index (χ1) is 13.5. The molecule has 7 nitrogen and oxygen atoms in total.